The van der Waals surface area contributed by atoms with Crippen molar-refractivity contribution in [2.24, 2.45) is 5.41 Å². The molecule has 1 aliphatic rings. The Morgan fingerprint density at radius 2 is 2.00 bits per heavy atom. The number of benzene rings is 1. The van der Waals surface area contributed by atoms with E-state index >= 15 is 0 Å². The molecule has 0 atom stereocenters. The highest BCUT2D eigenvalue weighted by Gasteiger charge is 2.35. The second kappa shape index (κ2) is 3.88. The van der Waals surface area contributed by atoms with Crippen molar-refractivity contribution in [2.45, 2.75) is 19.7 Å². The van der Waals surface area contributed by atoms with E-state index in [9.17, 15) is 0 Å². The molecule has 0 spiro atoms. The van der Waals surface area contributed by atoms with E-state index in [4.69, 9.17) is 23.2 Å². The lowest BCUT2D eigenvalue weighted by Gasteiger charge is -2.48. The van der Waals surface area contributed by atoms with Crippen molar-refractivity contribution in [1.82, 2.24) is 0 Å². The minimum Gasteiger partial charge on any atom is -0.369 e. The van der Waals surface area contributed by atoms with Crippen molar-refractivity contribution in [3.05, 3.63) is 28.8 Å². The van der Waals surface area contributed by atoms with Crippen LogP contribution in [-0.4, -0.2) is 13.1 Å². The molecular weight excluding hydrogens is 229 g/mol. The zero-order valence-electron chi connectivity index (χ0n) is 9.06. The summed E-state index contributed by atoms with van der Waals surface area (Å²) in [5.74, 6) is 0.521. The van der Waals surface area contributed by atoms with E-state index in [1.807, 2.05) is 18.2 Å². The first-order valence-electron chi connectivity index (χ1n) is 5.12. The summed E-state index contributed by atoms with van der Waals surface area (Å²) in [6.45, 7) is 6.64. The molecule has 0 radical (unpaired) electrons. The summed E-state index contributed by atoms with van der Waals surface area (Å²) in [5.41, 5.74) is 2.65. The zero-order valence-corrected chi connectivity index (χ0v) is 10.6. The van der Waals surface area contributed by atoms with Gasteiger partial charge in [-0.25, -0.2) is 0 Å². The topological polar surface area (TPSA) is 3.24 Å². The maximum absolute atomic E-state index is 6.21. The summed E-state index contributed by atoms with van der Waals surface area (Å²) in [6.07, 6.45) is 0. The number of hydrogen-bond acceptors (Lipinski definition) is 1. The van der Waals surface area contributed by atoms with Gasteiger partial charge in [0.25, 0.3) is 0 Å². The zero-order chi connectivity index (χ0) is 11.1. The van der Waals surface area contributed by atoms with Crippen LogP contribution in [0.4, 0.5) is 5.69 Å². The Morgan fingerprint density at radius 3 is 2.53 bits per heavy atom. The molecule has 0 bridgehead atoms. The first-order chi connectivity index (χ1) is 7.03. The third kappa shape index (κ3) is 2.09. The number of halogens is 2. The lowest BCUT2D eigenvalue weighted by molar-refractivity contribution is 0.276. The molecule has 1 saturated heterocycles. The van der Waals surface area contributed by atoms with E-state index in [-0.39, 0.29) is 0 Å². The molecule has 0 saturated carbocycles. The van der Waals surface area contributed by atoms with Gasteiger partial charge in [-0.3, -0.25) is 0 Å². The molecule has 0 N–H and O–H groups in total. The molecule has 1 heterocycles. The molecule has 0 unspecified atom stereocenters. The quantitative estimate of drug-likeness (QED) is 0.712. The number of hydrogen-bond donors (Lipinski definition) is 0. The van der Waals surface area contributed by atoms with Gasteiger partial charge in [-0.2, -0.15) is 0 Å². The van der Waals surface area contributed by atoms with Crippen LogP contribution >= 0.6 is 23.2 Å². The Balaban J connectivity index is 2.28. The summed E-state index contributed by atoms with van der Waals surface area (Å²) in [7, 11) is 0. The fourth-order valence-electron chi connectivity index (χ4n) is 2.17. The van der Waals surface area contributed by atoms with Crippen molar-refractivity contribution < 1.29 is 0 Å². The highest BCUT2D eigenvalue weighted by Crippen LogP contribution is 2.39. The highest BCUT2D eigenvalue weighted by atomic mass is 35.5. The smallest absolute Gasteiger partial charge is 0.0642 e. The van der Waals surface area contributed by atoms with Gasteiger partial charge in [0, 0.05) is 19.0 Å². The highest BCUT2D eigenvalue weighted by molar-refractivity contribution is 6.33. The van der Waals surface area contributed by atoms with Crippen LogP contribution in [0.1, 0.15) is 19.4 Å². The minimum atomic E-state index is 0.406. The largest absolute Gasteiger partial charge is 0.369 e. The first kappa shape index (κ1) is 11.1. The number of anilines is 1. The van der Waals surface area contributed by atoms with Gasteiger partial charge >= 0.3 is 0 Å². The van der Waals surface area contributed by atoms with Crippen LogP contribution in [0.3, 0.4) is 0 Å². The summed E-state index contributed by atoms with van der Waals surface area (Å²) < 4.78 is 0. The number of alkyl halides is 1. The van der Waals surface area contributed by atoms with Crippen LogP contribution in [0.15, 0.2) is 18.2 Å². The lowest BCUT2D eigenvalue weighted by Crippen LogP contribution is -2.53. The van der Waals surface area contributed by atoms with Gasteiger partial charge in [-0.05, 0) is 17.0 Å². The van der Waals surface area contributed by atoms with Crippen molar-refractivity contribution >= 4 is 28.9 Å². The van der Waals surface area contributed by atoms with Gasteiger partial charge in [-0.15, -0.1) is 11.6 Å². The maximum atomic E-state index is 6.21. The summed E-state index contributed by atoms with van der Waals surface area (Å²) >= 11 is 12.1. The molecule has 1 nitrogen and oxygen atoms in total. The van der Waals surface area contributed by atoms with Gasteiger partial charge in [0.2, 0.25) is 0 Å². The molecule has 0 amide bonds. The average molecular weight is 244 g/mol. The van der Waals surface area contributed by atoms with Crippen LogP contribution in [0.25, 0.3) is 0 Å². The van der Waals surface area contributed by atoms with Crippen molar-refractivity contribution in [2.75, 3.05) is 18.0 Å². The molecule has 82 valence electrons. The van der Waals surface area contributed by atoms with E-state index in [0.29, 0.717) is 11.3 Å². The molecule has 0 aromatic heterocycles. The van der Waals surface area contributed by atoms with Crippen LogP contribution < -0.4 is 4.90 Å². The van der Waals surface area contributed by atoms with Crippen LogP contribution in [0.2, 0.25) is 5.02 Å². The molecule has 0 aliphatic carbocycles. The third-order valence-electron chi connectivity index (χ3n) is 2.77. The predicted octanol–water partition coefficient (Wildman–Crippen LogP) is 3.93. The van der Waals surface area contributed by atoms with Crippen molar-refractivity contribution in [3.8, 4) is 0 Å². The molecule has 1 aliphatic heterocycles. The Bertz CT molecular complexity index is 366. The molecule has 2 rings (SSSR count). The fraction of sp³-hybridized carbons (Fsp3) is 0.500. The molecule has 1 aromatic carbocycles. The van der Waals surface area contributed by atoms with Crippen LogP contribution in [0, 0.1) is 5.41 Å². The van der Waals surface area contributed by atoms with Crippen molar-refractivity contribution in [3.63, 3.8) is 0 Å². The van der Waals surface area contributed by atoms with Gasteiger partial charge < -0.3 is 4.90 Å². The fourth-order valence-corrected chi connectivity index (χ4v) is 2.70. The third-order valence-corrected chi connectivity index (χ3v) is 3.36. The number of para-hydroxylation sites is 1. The monoisotopic (exact) mass is 243 g/mol. The van der Waals surface area contributed by atoms with Gasteiger partial charge in [-0.1, -0.05) is 37.6 Å². The molecule has 15 heavy (non-hydrogen) atoms. The standard InChI is InChI=1S/C12H15Cl2N/c1-12(2)7-15(8-12)11-9(6-13)4-3-5-10(11)14/h3-5H,6-8H2,1-2H3. The van der Waals surface area contributed by atoms with Gasteiger partial charge in [0.15, 0.2) is 0 Å². The van der Waals surface area contributed by atoms with Gasteiger partial charge in [0.05, 0.1) is 10.7 Å². The molecule has 1 aromatic rings. The second-order valence-corrected chi connectivity index (χ2v) is 5.58. The van der Waals surface area contributed by atoms with Crippen LogP contribution in [-0.2, 0) is 5.88 Å². The Morgan fingerprint density at radius 1 is 1.33 bits per heavy atom. The normalized spacial score (nSPS) is 18.8. The van der Waals surface area contributed by atoms with E-state index in [1.54, 1.807) is 0 Å². The lowest BCUT2D eigenvalue weighted by atomic mass is 9.83. The van der Waals surface area contributed by atoms with E-state index in [2.05, 4.69) is 18.7 Å². The first-order valence-corrected chi connectivity index (χ1v) is 6.03. The molecule has 3 heteroatoms. The summed E-state index contributed by atoms with van der Waals surface area (Å²) in [6, 6.07) is 5.92. The second-order valence-electron chi connectivity index (χ2n) is 4.90. The van der Waals surface area contributed by atoms with E-state index < -0.39 is 0 Å². The van der Waals surface area contributed by atoms with Crippen molar-refractivity contribution in [1.29, 1.82) is 0 Å². The van der Waals surface area contributed by atoms with E-state index in [0.717, 1.165) is 29.4 Å². The number of nitrogens with zero attached hydrogens (tertiary/aromatic N) is 1. The van der Waals surface area contributed by atoms with Gasteiger partial charge in [0.1, 0.15) is 0 Å². The Hall–Kier alpha value is -0.400. The van der Waals surface area contributed by atoms with Crippen LogP contribution in [0.5, 0.6) is 0 Å². The molecular formula is C12H15Cl2N. The Labute approximate surface area is 101 Å². The predicted molar refractivity (Wildman–Crippen MR) is 67.0 cm³/mol. The number of rotatable bonds is 2. The SMILES string of the molecule is CC1(C)CN(c2c(Cl)cccc2CCl)C1. The minimum absolute atomic E-state index is 0.406. The Kier molecular flexibility index (Phi) is 2.87. The maximum Gasteiger partial charge on any atom is 0.0642 e. The summed E-state index contributed by atoms with van der Waals surface area (Å²) in [4.78, 5) is 2.31. The molecule has 1 fully saturated rings. The summed E-state index contributed by atoms with van der Waals surface area (Å²) in [5, 5.41) is 0.809. The van der Waals surface area contributed by atoms with E-state index in [1.165, 1.54) is 0 Å². The average Bonchev–Trinajstić information content (AvgIpc) is 2.13.